The molecular weight excluding hydrogens is 276 g/mol. The van der Waals surface area contributed by atoms with Crippen LogP contribution in [0.25, 0.3) is 10.9 Å². The number of fused-ring (bicyclic) bond motifs is 2. The molecule has 1 aliphatic rings. The van der Waals surface area contributed by atoms with Gasteiger partial charge >= 0.3 is 0 Å². The van der Waals surface area contributed by atoms with Crippen molar-refractivity contribution in [2.45, 2.75) is 38.5 Å². The van der Waals surface area contributed by atoms with Crippen molar-refractivity contribution >= 4 is 22.5 Å². The summed E-state index contributed by atoms with van der Waals surface area (Å²) in [5.41, 5.74) is 7.98. The Morgan fingerprint density at radius 1 is 1.35 bits per heavy atom. The number of hydrogen-bond acceptors (Lipinski definition) is 4. The van der Waals surface area contributed by atoms with Gasteiger partial charge in [-0.1, -0.05) is 11.6 Å². The molecule has 0 radical (unpaired) electrons. The fraction of sp³-hybridized carbons (Fsp3) is 0.400. The van der Waals surface area contributed by atoms with Crippen LogP contribution in [-0.4, -0.2) is 21.8 Å². The number of ether oxygens (including phenoxy) is 1. The van der Waals surface area contributed by atoms with Crippen LogP contribution >= 0.6 is 11.6 Å². The van der Waals surface area contributed by atoms with Gasteiger partial charge in [0.05, 0.1) is 11.6 Å². The molecule has 20 heavy (non-hydrogen) atoms. The van der Waals surface area contributed by atoms with Gasteiger partial charge in [-0.05, 0) is 44.5 Å². The number of aromatic nitrogens is 1. The summed E-state index contributed by atoms with van der Waals surface area (Å²) in [4.78, 5) is 4.31. The van der Waals surface area contributed by atoms with Gasteiger partial charge in [0.15, 0.2) is 0 Å². The van der Waals surface area contributed by atoms with Crippen LogP contribution in [0.5, 0.6) is 5.75 Å². The number of aliphatic hydroxyl groups is 1. The Kier molecular flexibility index (Phi) is 2.94. The molecule has 5 heteroatoms. The highest BCUT2D eigenvalue weighted by Gasteiger charge is 2.41. The van der Waals surface area contributed by atoms with Crippen molar-refractivity contribution in [3.8, 4) is 5.75 Å². The van der Waals surface area contributed by atoms with Crippen LogP contribution in [-0.2, 0) is 0 Å². The van der Waals surface area contributed by atoms with E-state index < -0.39 is 17.7 Å². The van der Waals surface area contributed by atoms with Gasteiger partial charge in [-0.25, -0.2) is 4.98 Å². The molecule has 2 aromatic rings. The molecule has 106 valence electrons. The summed E-state index contributed by atoms with van der Waals surface area (Å²) in [5.74, 6) is 0.701. The summed E-state index contributed by atoms with van der Waals surface area (Å²) in [7, 11) is 0. The van der Waals surface area contributed by atoms with Gasteiger partial charge in [-0.2, -0.15) is 0 Å². The Morgan fingerprint density at radius 2 is 2.05 bits per heavy atom. The number of hydrogen-bond donors (Lipinski definition) is 2. The van der Waals surface area contributed by atoms with E-state index in [0.717, 1.165) is 22.0 Å². The number of pyridine rings is 1. The molecule has 0 saturated heterocycles. The van der Waals surface area contributed by atoms with Crippen molar-refractivity contribution in [2.75, 3.05) is 0 Å². The largest absolute Gasteiger partial charge is 0.485 e. The van der Waals surface area contributed by atoms with Crippen LogP contribution in [0.4, 0.5) is 0 Å². The molecule has 3 N–H and O–H groups in total. The maximum atomic E-state index is 10.2. The van der Waals surface area contributed by atoms with E-state index in [1.54, 1.807) is 0 Å². The zero-order valence-electron chi connectivity index (χ0n) is 11.6. The summed E-state index contributed by atoms with van der Waals surface area (Å²) in [5, 5.41) is 11.7. The highest BCUT2D eigenvalue weighted by molar-refractivity contribution is 6.29. The quantitative estimate of drug-likeness (QED) is 0.733. The molecule has 0 bridgehead atoms. The SMILES string of the molecule is Cc1cc(Cl)nc2cc3c(cc12)OC(C)(C)[C@H](O)[C@H]3N. The highest BCUT2D eigenvalue weighted by atomic mass is 35.5. The van der Waals surface area contributed by atoms with Crippen molar-refractivity contribution < 1.29 is 9.84 Å². The molecule has 0 amide bonds. The summed E-state index contributed by atoms with van der Waals surface area (Å²) in [6.45, 7) is 5.64. The van der Waals surface area contributed by atoms with Crippen LogP contribution in [0.2, 0.25) is 5.15 Å². The smallest absolute Gasteiger partial charge is 0.131 e. The van der Waals surface area contributed by atoms with Gasteiger partial charge in [0, 0.05) is 10.9 Å². The predicted octanol–water partition coefficient (Wildman–Crippen LogP) is 2.73. The lowest BCUT2D eigenvalue weighted by molar-refractivity contribution is -0.0570. The molecule has 1 aromatic carbocycles. The first-order valence-electron chi connectivity index (χ1n) is 6.53. The van der Waals surface area contributed by atoms with E-state index in [9.17, 15) is 5.11 Å². The van der Waals surface area contributed by atoms with Crippen molar-refractivity contribution in [1.82, 2.24) is 4.98 Å². The Balaban J connectivity index is 2.27. The van der Waals surface area contributed by atoms with Crippen molar-refractivity contribution in [3.63, 3.8) is 0 Å². The molecule has 1 aliphatic heterocycles. The number of benzene rings is 1. The third kappa shape index (κ3) is 1.95. The molecule has 2 heterocycles. The van der Waals surface area contributed by atoms with E-state index in [4.69, 9.17) is 22.1 Å². The van der Waals surface area contributed by atoms with Gasteiger partial charge < -0.3 is 15.6 Å². The monoisotopic (exact) mass is 292 g/mol. The number of nitrogens with zero attached hydrogens (tertiary/aromatic N) is 1. The van der Waals surface area contributed by atoms with E-state index in [0.29, 0.717) is 10.9 Å². The molecule has 3 rings (SSSR count). The van der Waals surface area contributed by atoms with Crippen LogP contribution in [0, 0.1) is 6.92 Å². The number of rotatable bonds is 0. The molecule has 0 spiro atoms. The molecule has 0 unspecified atom stereocenters. The normalized spacial score (nSPS) is 24.3. The highest BCUT2D eigenvalue weighted by Crippen LogP contribution is 2.41. The average molecular weight is 293 g/mol. The number of halogens is 1. The van der Waals surface area contributed by atoms with Crippen LogP contribution in [0.15, 0.2) is 18.2 Å². The minimum Gasteiger partial charge on any atom is -0.485 e. The van der Waals surface area contributed by atoms with Crippen LogP contribution < -0.4 is 10.5 Å². The molecule has 1 aromatic heterocycles. The first kappa shape index (κ1) is 13.6. The Bertz CT molecular complexity index is 700. The summed E-state index contributed by atoms with van der Waals surface area (Å²) >= 11 is 5.99. The molecule has 0 saturated carbocycles. The second kappa shape index (κ2) is 4.32. The fourth-order valence-electron chi connectivity index (χ4n) is 2.69. The minimum absolute atomic E-state index is 0.445. The fourth-order valence-corrected chi connectivity index (χ4v) is 2.95. The summed E-state index contributed by atoms with van der Waals surface area (Å²) in [6, 6.07) is 5.10. The second-order valence-corrected chi connectivity index (χ2v) is 6.23. The topological polar surface area (TPSA) is 68.4 Å². The predicted molar refractivity (Wildman–Crippen MR) is 79.1 cm³/mol. The van der Waals surface area contributed by atoms with Gasteiger partial charge in [-0.3, -0.25) is 0 Å². The van der Waals surface area contributed by atoms with E-state index in [1.807, 2.05) is 39.0 Å². The van der Waals surface area contributed by atoms with Crippen molar-refractivity contribution in [1.29, 1.82) is 0 Å². The Labute approximate surface area is 122 Å². The maximum absolute atomic E-state index is 10.2. The minimum atomic E-state index is -0.771. The van der Waals surface area contributed by atoms with E-state index in [-0.39, 0.29) is 0 Å². The first-order chi connectivity index (χ1) is 9.29. The lowest BCUT2D eigenvalue weighted by Gasteiger charge is -2.40. The zero-order valence-corrected chi connectivity index (χ0v) is 12.4. The first-order valence-corrected chi connectivity index (χ1v) is 6.91. The average Bonchev–Trinajstić information content (AvgIpc) is 2.35. The molecule has 0 fully saturated rings. The van der Waals surface area contributed by atoms with E-state index in [1.165, 1.54) is 0 Å². The van der Waals surface area contributed by atoms with E-state index >= 15 is 0 Å². The van der Waals surface area contributed by atoms with E-state index in [2.05, 4.69) is 4.98 Å². The lowest BCUT2D eigenvalue weighted by Crippen LogP contribution is -2.51. The third-order valence-corrected chi connectivity index (χ3v) is 4.09. The van der Waals surface area contributed by atoms with Crippen LogP contribution in [0.1, 0.15) is 31.0 Å². The Morgan fingerprint density at radius 3 is 2.75 bits per heavy atom. The van der Waals surface area contributed by atoms with Crippen molar-refractivity contribution in [2.24, 2.45) is 5.73 Å². The van der Waals surface area contributed by atoms with Crippen LogP contribution in [0.3, 0.4) is 0 Å². The second-order valence-electron chi connectivity index (χ2n) is 5.85. The van der Waals surface area contributed by atoms with Crippen molar-refractivity contribution in [3.05, 3.63) is 34.5 Å². The summed E-state index contributed by atoms with van der Waals surface area (Å²) < 4.78 is 5.90. The lowest BCUT2D eigenvalue weighted by atomic mass is 9.86. The maximum Gasteiger partial charge on any atom is 0.131 e. The molecular formula is C15H17ClN2O2. The third-order valence-electron chi connectivity index (χ3n) is 3.90. The number of aryl methyl sites for hydroxylation is 1. The van der Waals surface area contributed by atoms with Gasteiger partial charge in [0.2, 0.25) is 0 Å². The van der Waals surface area contributed by atoms with Gasteiger partial charge in [-0.15, -0.1) is 0 Å². The standard InChI is InChI=1S/C15H17ClN2O2/c1-7-4-12(16)18-10-5-9-11(6-8(7)10)20-15(2,3)14(19)13(9)17/h4-6,13-14,19H,17H2,1-3H3/t13-,14+/m0/s1. The Hall–Kier alpha value is -1.36. The summed E-state index contributed by atoms with van der Waals surface area (Å²) in [6.07, 6.45) is -0.771. The number of aliphatic hydroxyl groups excluding tert-OH is 1. The zero-order chi connectivity index (χ0) is 14.7. The van der Waals surface area contributed by atoms with Gasteiger partial charge in [0.1, 0.15) is 22.6 Å². The molecule has 4 nitrogen and oxygen atoms in total. The molecule has 0 aliphatic carbocycles. The van der Waals surface area contributed by atoms with Gasteiger partial charge in [0.25, 0.3) is 0 Å². The molecule has 2 atom stereocenters. The number of nitrogens with two attached hydrogens (primary N) is 1.